The number of anilines is 2. The molecule has 0 saturated carbocycles. The molecule has 0 unspecified atom stereocenters. The van der Waals surface area contributed by atoms with Gasteiger partial charge in [-0.3, -0.25) is 4.79 Å². The number of nitrogens with zero attached hydrogens (tertiary/aromatic N) is 1. The molecule has 2 aromatic rings. The number of rotatable bonds is 4. The summed E-state index contributed by atoms with van der Waals surface area (Å²) in [5, 5.41) is 5.70. The number of H-pyrrole nitrogens is 1. The van der Waals surface area contributed by atoms with E-state index >= 15 is 0 Å². The van der Waals surface area contributed by atoms with Gasteiger partial charge in [0.05, 0.1) is 18.3 Å². The average molecular weight is 230 g/mol. The molecule has 0 aliphatic carbocycles. The van der Waals surface area contributed by atoms with Gasteiger partial charge in [-0.05, 0) is 24.3 Å². The second kappa shape index (κ2) is 5.16. The number of aromatic amines is 1. The summed E-state index contributed by atoms with van der Waals surface area (Å²) in [6, 6.07) is 7.36. The lowest BCUT2D eigenvalue weighted by Gasteiger charge is -2.05. The molecule has 0 aliphatic rings. The number of aromatic nitrogens is 2. The third-order valence-electron chi connectivity index (χ3n) is 2.32. The van der Waals surface area contributed by atoms with Crippen LogP contribution in [-0.2, 0) is 11.2 Å². The molecule has 2 rings (SSSR count). The van der Waals surface area contributed by atoms with Gasteiger partial charge in [-0.25, -0.2) is 4.98 Å². The third kappa shape index (κ3) is 3.07. The fraction of sp³-hybridized carbons (Fsp3) is 0.167. The van der Waals surface area contributed by atoms with Gasteiger partial charge in [0.25, 0.3) is 0 Å². The van der Waals surface area contributed by atoms with Crippen LogP contribution in [0, 0.1) is 0 Å². The molecule has 3 N–H and O–H groups in total. The van der Waals surface area contributed by atoms with Crippen molar-refractivity contribution in [2.45, 2.75) is 6.42 Å². The Balaban J connectivity index is 1.93. The van der Waals surface area contributed by atoms with Gasteiger partial charge in [0, 0.05) is 18.9 Å². The molecule has 0 spiro atoms. The van der Waals surface area contributed by atoms with Crippen molar-refractivity contribution in [3.8, 4) is 0 Å². The molecule has 17 heavy (non-hydrogen) atoms. The van der Waals surface area contributed by atoms with Gasteiger partial charge in [-0.1, -0.05) is 0 Å². The van der Waals surface area contributed by atoms with Gasteiger partial charge in [0.15, 0.2) is 0 Å². The van der Waals surface area contributed by atoms with E-state index in [4.69, 9.17) is 0 Å². The predicted octanol–water partition coefficient (Wildman–Crippen LogP) is 1.63. The maximum Gasteiger partial charge on any atom is 0.230 e. The van der Waals surface area contributed by atoms with Crippen molar-refractivity contribution in [2.75, 3.05) is 17.7 Å². The van der Waals surface area contributed by atoms with Crippen molar-refractivity contribution >= 4 is 17.4 Å². The van der Waals surface area contributed by atoms with E-state index in [2.05, 4.69) is 20.6 Å². The SMILES string of the molecule is CNc1ccc(NC(=O)Cc2ccc[nH]2)cn1. The Labute approximate surface area is 99.3 Å². The molecular formula is C12H14N4O. The van der Waals surface area contributed by atoms with Crippen molar-refractivity contribution < 1.29 is 4.79 Å². The topological polar surface area (TPSA) is 69.8 Å². The standard InChI is InChI=1S/C12H14N4O/c1-13-11-5-4-10(8-15-11)16-12(17)7-9-3-2-6-14-9/h2-6,8,14H,7H2,1H3,(H,13,15)(H,16,17). The average Bonchev–Trinajstić information content (AvgIpc) is 2.82. The Morgan fingerprint density at radius 3 is 2.88 bits per heavy atom. The lowest BCUT2D eigenvalue weighted by molar-refractivity contribution is -0.115. The van der Waals surface area contributed by atoms with Crippen LogP contribution in [-0.4, -0.2) is 22.9 Å². The van der Waals surface area contributed by atoms with E-state index in [0.29, 0.717) is 12.1 Å². The Kier molecular flexibility index (Phi) is 3.40. The minimum Gasteiger partial charge on any atom is -0.373 e. The molecule has 5 heteroatoms. The highest BCUT2D eigenvalue weighted by Crippen LogP contribution is 2.09. The first-order valence-corrected chi connectivity index (χ1v) is 5.34. The summed E-state index contributed by atoms with van der Waals surface area (Å²) >= 11 is 0. The second-order valence-electron chi connectivity index (χ2n) is 3.60. The van der Waals surface area contributed by atoms with Crippen LogP contribution in [0.5, 0.6) is 0 Å². The van der Waals surface area contributed by atoms with Gasteiger partial charge in [0.2, 0.25) is 5.91 Å². The van der Waals surface area contributed by atoms with Crippen LogP contribution < -0.4 is 10.6 Å². The number of pyridine rings is 1. The summed E-state index contributed by atoms with van der Waals surface area (Å²) in [7, 11) is 1.80. The molecule has 0 aliphatic heterocycles. The number of hydrogen-bond acceptors (Lipinski definition) is 3. The van der Waals surface area contributed by atoms with E-state index in [9.17, 15) is 4.79 Å². The highest BCUT2D eigenvalue weighted by Gasteiger charge is 2.04. The van der Waals surface area contributed by atoms with Gasteiger partial charge < -0.3 is 15.6 Å². The largest absolute Gasteiger partial charge is 0.373 e. The third-order valence-corrected chi connectivity index (χ3v) is 2.32. The molecule has 5 nitrogen and oxygen atoms in total. The van der Waals surface area contributed by atoms with Crippen LogP contribution in [0.3, 0.4) is 0 Å². The zero-order valence-electron chi connectivity index (χ0n) is 9.53. The van der Waals surface area contributed by atoms with Crippen LogP contribution in [0.4, 0.5) is 11.5 Å². The fourth-order valence-electron chi connectivity index (χ4n) is 1.47. The van der Waals surface area contributed by atoms with Gasteiger partial charge in [-0.15, -0.1) is 0 Å². The Hall–Kier alpha value is -2.30. The van der Waals surface area contributed by atoms with Crippen molar-refractivity contribution in [1.82, 2.24) is 9.97 Å². The molecular weight excluding hydrogens is 216 g/mol. The highest BCUT2D eigenvalue weighted by molar-refractivity contribution is 5.91. The lowest BCUT2D eigenvalue weighted by Crippen LogP contribution is -2.14. The molecule has 0 saturated heterocycles. The molecule has 1 amide bonds. The predicted molar refractivity (Wildman–Crippen MR) is 66.9 cm³/mol. The molecule has 88 valence electrons. The van der Waals surface area contributed by atoms with E-state index in [0.717, 1.165) is 11.5 Å². The van der Waals surface area contributed by atoms with Crippen LogP contribution in [0.25, 0.3) is 0 Å². The normalized spacial score (nSPS) is 9.94. The number of hydrogen-bond donors (Lipinski definition) is 3. The molecule has 0 fully saturated rings. The van der Waals surface area contributed by atoms with Crippen molar-refractivity contribution in [3.63, 3.8) is 0 Å². The van der Waals surface area contributed by atoms with Crippen molar-refractivity contribution in [3.05, 3.63) is 42.4 Å². The van der Waals surface area contributed by atoms with Gasteiger partial charge in [0.1, 0.15) is 5.82 Å². The summed E-state index contributed by atoms with van der Waals surface area (Å²) in [4.78, 5) is 18.8. The summed E-state index contributed by atoms with van der Waals surface area (Å²) in [5.74, 6) is 0.707. The van der Waals surface area contributed by atoms with Crippen molar-refractivity contribution in [1.29, 1.82) is 0 Å². The molecule has 0 aromatic carbocycles. The highest BCUT2D eigenvalue weighted by atomic mass is 16.1. The Morgan fingerprint density at radius 2 is 2.29 bits per heavy atom. The van der Waals surface area contributed by atoms with E-state index in [-0.39, 0.29) is 5.91 Å². The van der Waals surface area contributed by atoms with Crippen molar-refractivity contribution in [2.24, 2.45) is 0 Å². The number of amides is 1. The second-order valence-corrected chi connectivity index (χ2v) is 3.60. The number of nitrogens with one attached hydrogen (secondary N) is 3. The van der Waals surface area contributed by atoms with E-state index in [1.165, 1.54) is 0 Å². The maximum atomic E-state index is 11.7. The monoisotopic (exact) mass is 230 g/mol. The van der Waals surface area contributed by atoms with Crippen LogP contribution >= 0.6 is 0 Å². The van der Waals surface area contributed by atoms with E-state index < -0.39 is 0 Å². The fourth-order valence-corrected chi connectivity index (χ4v) is 1.47. The first kappa shape index (κ1) is 11.2. The number of carbonyl (C=O) groups is 1. The summed E-state index contributed by atoms with van der Waals surface area (Å²) in [5.41, 5.74) is 1.59. The molecule has 2 heterocycles. The lowest BCUT2D eigenvalue weighted by atomic mass is 10.3. The van der Waals surface area contributed by atoms with E-state index in [1.807, 2.05) is 24.3 Å². The molecule has 0 bridgehead atoms. The minimum atomic E-state index is -0.0635. The number of carbonyl (C=O) groups excluding carboxylic acids is 1. The van der Waals surface area contributed by atoms with E-state index in [1.54, 1.807) is 19.4 Å². The quantitative estimate of drug-likeness (QED) is 0.747. The van der Waals surface area contributed by atoms with Gasteiger partial charge in [-0.2, -0.15) is 0 Å². The zero-order valence-corrected chi connectivity index (χ0v) is 9.53. The van der Waals surface area contributed by atoms with Crippen LogP contribution in [0.15, 0.2) is 36.7 Å². The smallest absolute Gasteiger partial charge is 0.230 e. The minimum absolute atomic E-state index is 0.0635. The maximum absolute atomic E-state index is 11.7. The Bertz CT molecular complexity index is 476. The van der Waals surface area contributed by atoms with Crippen LogP contribution in [0.1, 0.15) is 5.69 Å². The van der Waals surface area contributed by atoms with Gasteiger partial charge >= 0.3 is 0 Å². The molecule has 0 atom stereocenters. The Morgan fingerprint density at radius 1 is 1.41 bits per heavy atom. The summed E-state index contributed by atoms with van der Waals surface area (Å²) < 4.78 is 0. The first-order chi connectivity index (χ1) is 8.28. The molecule has 2 aromatic heterocycles. The zero-order chi connectivity index (χ0) is 12.1. The summed E-state index contributed by atoms with van der Waals surface area (Å²) in [6.07, 6.45) is 3.76. The van der Waals surface area contributed by atoms with Crippen LogP contribution in [0.2, 0.25) is 0 Å². The molecule has 0 radical (unpaired) electrons. The first-order valence-electron chi connectivity index (χ1n) is 5.34. The summed E-state index contributed by atoms with van der Waals surface area (Å²) in [6.45, 7) is 0.